The molecule has 0 spiro atoms. The van der Waals surface area contributed by atoms with Crippen molar-refractivity contribution in [2.75, 3.05) is 9.80 Å². The third-order valence-corrected chi connectivity index (χ3v) is 12.2. The number of fused-ring (bicyclic) bond motifs is 3. The maximum Gasteiger partial charge on any atom is 0.135 e. The molecule has 0 unspecified atom stereocenters. The maximum absolute atomic E-state index is 6.59. The standard InChI is InChI=1S/C56H61N4O.Pt/c1-36-37(2)59(45-29-39(28-43(31-45)56(12,13)14)38-26-41(54(6,7)8)30-42(27-38)55(9,10)11)35-58(36)44-18-17-19-46(33-44)61-47-22-23-49-48-20-15-16-21-50(48)60(51(49)34-47)52-32-40(24-25-57-52)53(3,4)5;/h15-32,35H,1-14H3;/q-3;. The largest absolute Gasteiger partial charge is 0.509 e. The molecule has 5 aromatic carbocycles. The van der Waals surface area contributed by atoms with Gasteiger partial charge in [-0.15, -0.1) is 48.1 Å². The summed E-state index contributed by atoms with van der Waals surface area (Å²) < 4.78 is 8.79. The molecule has 324 valence electrons. The predicted molar refractivity (Wildman–Crippen MR) is 257 cm³/mol. The van der Waals surface area contributed by atoms with Gasteiger partial charge in [0.1, 0.15) is 5.82 Å². The Morgan fingerprint density at radius 2 is 1.11 bits per heavy atom. The van der Waals surface area contributed by atoms with Crippen LogP contribution in [0, 0.1) is 18.8 Å². The molecule has 0 saturated heterocycles. The van der Waals surface area contributed by atoms with Crippen molar-refractivity contribution in [3.05, 3.63) is 162 Å². The van der Waals surface area contributed by atoms with E-state index < -0.39 is 0 Å². The Morgan fingerprint density at radius 1 is 0.532 bits per heavy atom. The molecular weight excluding hydrogens is 940 g/mol. The van der Waals surface area contributed by atoms with Crippen LogP contribution in [0.3, 0.4) is 0 Å². The first kappa shape index (κ1) is 44.9. The molecule has 2 aromatic heterocycles. The van der Waals surface area contributed by atoms with Gasteiger partial charge in [0.2, 0.25) is 0 Å². The second-order valence-electron chi connectivity index (χ2n) is 20.9. The summed E-state index contributed by atoms with van der Waals surface area (Å²) >= 11 is 0. The molecule has 0 aliphatic carbocycles. The molecule has 5 nitrogen and oxygen atoms in total. The van der Waals surface area contributed by atoms with E-state index in [1.54, 1.807) is 0 Å². The molecule has 0 fully saturated rings. The number of para-hydroxylation sites is 1. The van der Waals surface area contributed by atoms with Crippen LogP contribution < -0.4 is 14.5 Å². The van der Waals surface area contributed by atoms with Gasteiger partial charge in [-0.2, -0.15) is 12.1 Å². The molecule has 3 heterocycles. The quantitative estimate of drug-likeness (QED) is 0.156. The minimum Gasteiger partial charge on any atom is -0.509 e. The third-order valence-electron chi connectivity index (χ3n) is 12.2. The second kappa shape index (κ2) is 16.2. The Balaban J connectivity index is 0.00000578. The fraction of sp³-hybridized carbons (Fsp3) is 0.321. The van der Waals surface area contributed by atoms with E-state index in [2.05, 4.69) is 215 Å². The summed E-state index contributed by atoms with van der Waals surface area (Å²) in [6, 6.07) is 44.4. The third kappa shape index (κ3) is 8.76. The number of anilines is 2. The van der Waals surface area contributed by atoms with E-state index in [-0.39, 0.29) is 42.7 Å². The number of hydrogen-bond acceptors (Lipinski definition) is 4. The minimum atomic E-state index is -0.0495. The van der Waals surface area contributed by atoms with Crippen LogP contribution in [0.25, 0.3) is 38.8 Å². The summed E-state index contributed by atoms with van der Waals surface area (Å²) in [5.41, 5.74) is 14.0. The number of rotatable bonds is 6. The number of hydrogen-bond donors (Lipinski definition) is 0. The van der Waals surface area contributed by atoms with Crippen molar-refractivity contribution in [2.24, 2.45) is 0 Å². The fourth-order valence-corrected chi connectivity index (χ4v) is 8.08. The van der Waals surface area contributed by atoms with E-state index in [4.69, 9.17) is 9.72 Å². The first-order chi connectivity index (χ1) is 28.6. The maximum atomic E-state index is 6.59. The zero-order valence-electron chi connectivity index (χ0n) is 39.0. The van der Waals surface area contributed by atoms with Crippen molar-refractivity contribution in [1.82, 2.24) is 9.55 Å². The Bertz CT molecular complexity index is 2800. The summed E-state index contributed by atoms with van der Waals surface area (Å²) in [6.45, 7) is 34.0. The van der Waals surface area contributed by atoms with Gasteiger partial charge in [0.05, 0.1) is 0 Å². The molecule has 0 bridgehead atoms. The van der Waals surface area contributed by atoms with Gasteiger partial charge in [0.25, 0.3) is 0 Å². The summed E-state index contributed by atoms with van der Waals surface area (Å²) in [5, 5.41) is 2.25. The summed E-state index contributed by atoms with van der Waals surface area (Å²) in [5.74, 6) is 2.09. The van der Waals surface area contributed by atoms with Crippen molar-refractivity contribution in [3.63, 3.8) is 0 Å². The predicted octanol–water partition coefficient (Wildman–Crippen LogP) is 15.1. The average molecular weight is 1000 g/mol. The van der Waals surface area contributed by atoms with E-state index in [9.17, 15) is 0 Å². The molecule has 6 heteroatoms. The normalized spacial score (nSPS) is 14.0. The zero-order valence-corrected chi connectivity index (χ0v) is 41.3. The van der Waals surface area contributed by atoms with Crippen molar-refractivity contribution in [3.8, 4) is 28.4 Å². The molecule has 8 rings (SSSR count). The SMILES string of the molecule is CC1=C(C)N(c2cc(-c3cc(C(C)(C)C)cc(C(C)(C)C)c3)cc(C(C)(C)C)c2)[CH-]N1c1[c-]c(Oc2[c-]c3c(cc2)c2ccccc2n3-c2cc(C(C)(C)C)ccn2)ccc1.[Pt]. The van der Waals surface area contributed by atoms with Crippen molar-refractivity contribution >= 4 is 33.2 Å². The number of benzene rings is 5. The first-order valence-electron chi connectivity index (χ1n) is 21.6. The van der Waals surface area contributed by atoms with Gasteiger partial charge in [0.15, 0.2) is 0 Å². The van der Waals surface area contributed by atoms with Crippen LogP contribution >= 0.6 is 0 Å². The van der Waals surface area contributed by atoms with Gasteiger partial charge in [-0.3, -0.25) is 0 Å². The fourth-order valence-electron chi connectivity index (χ4n) is 8.08. The Morgan fingerprint density at radius 3 is 1.76 bits per heavy atom. The van der Waals surface area contributed by atoms with Crippen LogP contribution in [0.5, 0.6) is 11.5 Å². The second-order valence-corrected chi connectivity index (χ2v) is 20.9. The van der Waals surface area contributed by atoms with E-state index >= 15 is 0 Å². The van der Waals surface area contributed by atoms with Crippen LogP contribution in [0.2, 0.25) is 0 Å². The summed E-state index contributed by atoms with van der Waals surface area (Å²) in [4.78, 5) is 9.37. The van der Waals surface area contributed by atoms with Gasteiger partial charge in [0, 0.05) is 61.4 Å². The number of ether oxygens (including phenoxy) is 1. The van der Waals surface area contributed by atoms with Crippen LogP contribution in [0.15, 0.2) is 121 Å². The van der Waals surface area contributed by atoms with E-state index in [1.165, 1.54) is 33.4 Å². The van der Waals surface area contributed by atoms with E-state index in [0.717, 1.165) is 50.4 Å². The number of nitrogens with zero attached hydrogens (tertiary/aromatic N) is 4. The molecule has 0 saturated carbocycles. The van der Waals surface area contributed by atoms with Crippen LogP contribution in [-0.2, 0) is 42.7 Å². The Kier molecular flexibility index (Phi) is 11.7. The molecule has 0 N–H and O–H groups in total. The molecule has 1 aliphatic heterocycles. The minimum absolute atomic E-state index is 0. The van der Waals surface area contributed by atoms with Gasteiger partial charge in [-0.25, -0.2) is 4.98 Å². The van der Waals surface area contributed by atoms with Crippen molar-refractivity contribution in [2.45, 2.75) is 119 Å². The van der Waals surface area contributed by atoms with Crippen molar-refractivity contribution < 1.29 is 25.8 Å². The van der Waals surface area contributed by atoms with Crippen LogP contribution in [0.1, 0.15) is 119 Å². The zero-order chi connectivity index (χ0) is 43.8. The van der Waals surface area contributed by atoms with Crippen LogP contribution in [-0.4, -0.2) is 9.55 Å². The van der Waals surface area contributed by atoms with Gasteiger partial charge >= 0.3 is 0 Å². The Labute approximate surface area is 385 Å². The number of allylic oxidation sites excluding steroid dienone is 2. The van der Waals surface area contributed by atoms with Crippen molar-refractivity contribution in [1.29, 1.82) is 0 Å². The van der Waals surface area contributed by atoms with Crippen LogP contribution in [0.4, 0.5) is 11.4 Å². The number of pyridine rings is 1. The first-order valence-corrected chi connectivity index (χ1v) is 21.6. The summed E-state index contributed by atoms with van der Waals surface area (Å²) in [6.07, 6.45) is 1.90. The van der Waals surface area contributed by atoms with E-state index in [0.29, 0.717) is 11.5 Å². The molecule has 0 atom stereocenters. The Hall–Kier alpha value is -5.12. The molecule has 7 aromatic rings. The van der Waals surface area contributed by atoms with Gasteiger partial charge in [-0.1, -0.05) is 131 Å². The summed E-state index contributed by atoms with van der Waals surface area (Å²) in [7, 11) is 0. The molecular formula is C56H61N4OPt-3. The molecule has 0 radical (unpaired) electrons. The van der Waals surface area contributed by atoms with Gasteiger partial charge in [-0.05, 0) is 105 Å². The van der Waals surface area contributed by atoms with Gasteiger partial charge < -0.3 is 19.1 Å². The monoisotopic (exact) mass is 1000 g/mol. The van der Waals surface area contributed by atoms with E-state index in [1.807, 2.05) is 24.4 Å². The number of aromatic nitrogens is 2. The average Bonchev–Trinajstić information content (AvgIpc) is 3.69. The molecule has 1 aliphatic rings. The molecule has 62 heavy (non-hydrogen) atoms. The topological polar surface area (TPSA) is 33.5 Å². The smallest absolute Gasteiger partial charge is 0.135 e. The molecule has 0 amide bonds.